The third kappa shape index (κ3) is 7.06. The molecule has 0 atom stereocenters. The van der Waals surface area contributed by atoms with E-state index in [1.54, 1.807) is 0 Å². The number of unbranched alkanes of at least 4 members (excludes halogenated alkanes) is 2. The normalized spacial score (nSPS) is 10.5. The molecule has 134 valence electrons. The van der Waals surface area contributed by atoms with Gasteiger partial charge in [-0.05, 0) is 25.3 Å². The van der Waals surface area contributed by atoms with Crippen LogP contribution in [-0.2, 0) is 14.3 Å². The van der Waals surface area contributed by atoms with Crippen molar-refractivity contribution in [3.8, 4) is 5.75 Å². The number of hydrogen-bond acceptors (Lipinski definition) is 4. The summed E-state index contributed by atoms with van der Waals surface area (Å²) in [6.45, 7) is 2.46. The number of carbonyl (C=O) groups excluding carboxylic acids is 2. The maximum Gasteiger partial charge on any atom is 0.311 e. The quantitative estimate of drug-likeness (QED) is 0.160. The van der Waals surface area contributed by atoms with E-state index >= 15 is 0 Å². The number of carbonyl (C=O) groups is 2. The molecule has 0 radical (unpaired) electrons. The Morgan fingerprint density at radius 1 is 0.917 bits per heavy atom. The highest BCUT2D eigenvalue weighted by molar-refractivity contribution is 6.50. The molecule has 4 nitrogen and oxygen atoms in total. The van der Waals surface area contributed by atoms with Crippen LogP contribution in [0, 0.1) is 0 Å². The van der Waals surface area contributed by atoms with Crippen molar-refractivity contribution in [1.29, 1.82) is 0 Å². The molecule has 0 amide bonds. The monoisotopic (exact) mass is 414 g/mol. The lowest BCUT2D eigenvalue weighted by molar-refractivity contribution is -0.144. The van der Waals surface area contributed by atoms with E-state index in [1.165, 1.54) is 6.07 Å². The van der Waals surface area contributed by atoms with Crippen LogP contribution in [0.3, 0.4) is 0 Å². The molecule has 0 bridgehead atoms. The van der Waals surface area contributed by atoms with Crippen LogP contribution in [0.1, 0.15) is 45.4 Å². The van der Waals surface area contributed by atoms with E-state index in [2.05, 4.69) is 0 Å². The fraction of sp³-hybridized carbons (Fsp3) is 0.500. The molecular weight excluding hydrogens is 398 g/mol. The van der Waals surface area contributed by atoms with Gasteiger partial charge in [0.1, 0.15) is 5.02 Å². The molecule has 0 spiro atoms. The molecule has 1 rings (SSSR count). The van der Waals surface area contributed by atoms with Crippen LogP contribution >= 0.6 is 46.4 Å². The van der Waals surface area contributed by atoms with Crippen LogP contribution < -0.4 is 4.74 Å². The van der Waals surface area contributed by atoms with Crippen molar-refractivity contribution >= 4 is 58.3 Å². The van der Waals surface area contributed by atoms with E-state index in [1.807, 2.05) is 6.92 Å². The third-order valence-electron chi connectivity index (χ3n) is 3.06. The van der Waals surface area contributed by atoms with Crippen molar-refractivity contribution in [3.63, 3.8) is 0 Å². The second kappa shape index (κ2) is 11.0. The summed E-state index contributed by atoms with van der Waals surface area (Å²) in [6.07, 6.45) is 3.23. The SMILES string of the molecule is CCCCOC(=O)CCCCC(=O)Oc1c(Cl)cc(Cl)c(Cl)c1Cl. The van der Waals surface area contributed by atoms with Crippen molar-refractivity contribution in [3.05, 3.63) is 26.2 Å². The summed E-state index contributed by atoms with van der Waals surface area (Å²) < 4.78 is 10.2. The van der Waals surface area contributed by atoms with E-state index in [-0.39, 0.29) is 44.7 Å². The highest BCUT2D eigenvalue weighted by atomic mass is 35.5. The Bertz CT molecular complexity index is 590. The van der Waals surface area contributed by atoms with Crippen molar-refractivity contribution < 1.29 is 19.1 Å². The molecule has 0 N–H and O–H groups in total. The molecular formula is C16H18Cl4O4. The number of ether oxygens (including phenoxy) is 2. The van der Waals surface area contributed by atoms with E-state index in [0.29, 0.717) is 19.4 Å². The molecule has 0 saturated heterocycles. The fourth-order valence-electron chi connectivity index (χ4n) is 1.75. The average molecular weight is 416 g/mol. The number of halogens is 4. The first-order valence-electron chi connectivity index (χ1n) is 7.56. The molecule has 1 aromatic carbocycles. The lowest BCUT2D eigenvalue weighted by Crippen LogP contribution is -2.10. The zero-order chi connectivity index (χ0) is 18.1. The molecule has 0 saturated carbocycles. The maximum atomic E-state index is 11.8. The van der Waals surface area contributed by atoms with Gasteiger partial charge < -0.3 is 9.47 Å². The Hall–Kier alpha value is -0.680. The van der Waals surface area contributed by atoms with Gasteiger partial charge in [-0.1, -0.05) is 59.7 Å². The van der Waals surface area contributed by atoms with Gasteiger partial charge in [-0.25, -0.2) is 0 Å². The number of benzene rings is 1. The van der Waals surface area contributed by atoms with Crippen LogP contribution in [0.15, 0.2) is 6.07 Å². The molecule has 8 heteroatoms. The predicted molar refractivity (Wildman–Crippen MR) is 96.5 cm³/mol. The largest absolute Gasteiger partial charge is 0.466 e. The summed E-state index contributed by atoms with van der Waals surface area (Å²) in [5.74, 6) is -0.791. The van der Waals surface area contributed by atoms with Crippen molar-refractivity contribution in [2.75, 3.05) is 6.61 Å². The summed E-state index contributed by atoms with van der Waals surface area (Å²) in [5.41, 5.74) is 0. The smallest absolute Gasteiger partial charge is 0.311 e. The first-order valence-corrected chi connectivity index (χ1v) is 9.07. The number of rotatable bonds is 9. The van der Waals surface area contributed by atoms with Gasteiger partial charge >= 0.3 is 11.9 Å². The highest BCUT2D eigenvalue weighted by Crippen LogP contribution is 2.42. The Balaban J connectivity index is 2.38. The number of esters is 2. The maximum absolute atomic E-state index is 11.8. The van der Waals surface area contributed by atoms with E-state index in [9.17, 15) is 9.59 Å². The van der Waals surface area contributed by atoms with E-state index in [4.69, 9.17) is 55.9 Å². The third-order valence-corrected chi connectivity index (χ3v) is 4.59. The van der Waals surface area contributed by atoms with Crippen LogP contribution in [0.25, 0.3) is 0 Å². The number of hydrogen-bond donors (Lipinski definition) is 0. The van der Waals surface area contributed by atoms with Gasteiger partial charge in [-0.2, -0.15) is 0 Å². The van der Waals surface area contributed by atoms with E-state index in [0.717, 1.165) is 12.8 Å². The molecule has 0 heterocycles. The second-order valence-corrected chi connectivity index (χ2v) is 6.62. The lowest BCUT2D eigenvalue weighted by atomic mass is 10.2. The van der Waals surface area contributed by atoms with Gasteiger partial charge in [0, 0.05) is 12.8 Å². The van der Waals surface area contributed by atoms with Gasteiger partial charge in [-0.3, -0.25) is 9.59 Å². The van der Waals surface area contributed by atoms with Crippen LogP contribution in [0.2, 0.25) is 20.1 Å². The Labute approximate surface area is 161 Å². The molecule has 0 aliphatic rings. The average Bonchev–Trinajstić information content (AvgIpc) is 2.54. The first kappa shape index (κ1) is 21.4. The Morgan fingerprint density at radius 3 is 2.17 bits per heavy atom. The minimum absolute atomic E-state index is 0.0120. The van der Waals surface area contributed by atoms with Crippen LogP contribution in [-0.4, -0.2) is 18.5 Å². The molecule has 0 unspecified atom stereocenters. The van der Waals surface area contributed by atoms with Crippen molar-refractivity contribution in [1.82, 2.24) is 0 Å². The summed E-state index contributed by atoms with van der Waals surface area (Å²) in [6, 6.07) is 1.35. The second-order valence-electron chi connectivity index (χ2n) is 5.05. The fourth-order valence-corrected chi connectivity index (χ4v) is 2.73. The van der Waals surface area contributed by atoms with Gasteiger partial charge in [0.2, 0.25) is 0 Å². The minimum Gasteiger partial charge on any atom is -0.466 e. The van der Waals surface area contributed by atoms with Crippen molar-refractivity contribution in [2.45, 2.75) is 45.4 Å². The zero-order valence-corrected chi connectivity index (χ0v) is 16.2. The topological polar surface area (TPSA) is 52.6 Å². The minimum atomic E-state index is -0.517. The summed E-state index contributed by atoms with van der Waals surface area (Å²) in [7, 11) is 0. The lowest BCUT2D eigenvalue weighted by Gasteiger charge is -2.10. The molecule has 0 aliphatic carbocycles. The Morgan fingerprint density at radius 2 is 1.54 bits per heavy atom. The summed E-state index contributed by atoms with van der Waals surface area (Å²) in [4.78, 5) is 23.2. The van der Waals surface area contributed by atoms with Crippen LogP contribution in [0.5, 0.6) is 5.75 Å². The standard InChI is InChI=1S/C16H18Cl4O4/c1-2-3-8-23-12(21)6-4-5-7-13(22)24-16-11(18)9-10(17)14(19)15(16)20/h9H,2-8H2,1H3. The van der Waals surface area contributed by atoms with E-state index < -0.39 is 5.97 Å². The van der Waals surface area contributed by atoms with Gasteiger partial charge in [-0.15, -0.1) is 0 Å². The predicted octanol–water partition coefficient (Wildman–Crippen LogP) is 6.11. The molecule has 0 aromatic heterocycles. The van der Waals surface area contributed by atoms with Gasteiger partial charge in [0.25, 0.3) is 0 Å². The zero-order valence-electron chi connectivity index (χ0n) is 13.2. The molecule has 0 fully saturated rings. The van der Waals surface area contributed by atoms with Crippen LogP contribution in [0.4, 0.5) is 0 Å². The van der Waals surface area contributed by atoms with Gasteiger partial charge in [0.05, 0.1) is 21.7 Å². The molecule has 0 aliphatic heterocycles. The molecule has 24 heavy (non-hydrogen) atoms. The first-order chi connectivity index (χ1) is 11.4. The molecule has 1 aromatic rings. The highest BCUT2D eigenvalue weighted by Gasteiger charge is 2.18. The van der Waals surface area contributed by atoms with Gasteiger partial charge in [0.15, 0.2) is 5.75 Å². The summed E-state index contributed by atoms with van der Waals surface area (Å²) >= 11 is 23.6. The Kier molecular flexibility index (Phi) is 9.82. The summed E-state index contributed by atoms with van der Waals surface area (Å²) in [5, 5.41) is 0.331. The van der Waals surface area contributed by atoms with Crippen molar-refractivity contribution in [2.24, 2.45) is 0 Å².